The molecule has 0 atom stereocenters. The average Bonchev–Trinajstić information content (AvgIpc) is 3.90. The van der Waals surface area contributed by atoms with E-state index in [0.29, 0.717) is 32.9 Å². The van der Waals surface area contributed by atoms with E-state index in [4.69, 9.17) is 9.40 Å². The number of hydrogen-bond donors (Lipinski definition) is 0. The van der Waals surface area contributed by atoms with Crippen molar-refractivity contribution in [1.82, 2.24) is 14.5 Å². The van der Waals surface area contributed by atoms with Gasteiger partial charge in [0.05, 0.1) is 22.4 Å². The third kappa shape index (κ3) is 8.36. The van der Waals surface area contributed by atoms with Gasteiger partial charge in [0, 0.05) is 48.6 Å². The minimum atomic E-state index is -0.278. The molecule has 7 heteroatoms. The molecule has 8 aromatic carbocycles. The molecular weight excluding hydrogens is 1010 g/mol. The van der Waals surface area contributed by atoms with Crippen LogP contribution in [0.1, 0.15) is 77.0 Å². The first-order valence-electron chi connectivity index (χ1n) is 22.6. The van der Waals surface area contributed by atoms with Gasteiger partial charge in [-0.1, -0.05) is 150 Å². The summed E-state index contributed by atoms with van der Waals surface area (Å²) in [5, 5.41) is 4.67. The molecule has 0 unspecified atom stereocenters. The smallest absolute Gasteiger partial charge is 0.141 e. The van der Waals surface area contributed by atoms with E-state index in [2.05, 4.69) is 137 Å². The Morgan fingerprint density at radius 2 is 1.37 bits per heavy atom. The molecule has 0 amide bonds. The van der Waals surface area contributed by atoms with Crippen LogP contribution in [0.15, 0.2) is 162 Å². The fourth-order valence-corrected chi connectivity index (χ4v) is 9.08. The van der Waals surface area contributed by atoms with Gasteiger partial charge in [0.25, 0.3) is 0 Å². The summed E-state index contributed by atoms with van der Waals surface area (Å²) in [5.41, 5.74) is 12.5. The van der Waals surface area contributed by atoms with Gasteiger partial charge >= 0.3 is 0 Å². The van der Waals surface area contributed by atoms with E-state index in [-0.39, 0.29) is 49.0 Å². The number of para-hydroxylation sites is 2. The van der Waals surface area contributed by atoms with Crippen molar-refractivity contribution in [3.63, 3.8) is 0 Å². The van der Waals surface area contributed by atoms with Gasteiger partial charge in [-0.2, -0.15) is 0 Å². The predicted molar refractivity (Wildman–Crippen MR) is 268 cm³/mol. The van der Waals surface area contributed by atoms with Crippen LogP contribution in [-0.2, 0) is 25.5 Å². The van der Waals surface area contributed by atoms with E-state index in [1.54, 1.807) is 6.07 Å². The number of pyridine rings is 1. The Morgan fingerprint density at radius 3 is 2.06 bits per heavy atom. The van der Waals surface area contributed by atoms with E-state index in [9.17, 15) is 4.39 Å². The number of halogens is 2. The molecule has 0 saturated heterocycles. The van der Waals surface area contributed by atoms with Crippen LogP contribution >= 0.6 is 0 Å². The Kier molecular flexibility index (Phi) is 12.3. The fraction of sp³-hybridized carbons (Fsp3) is 0.167. The van der Waals surface area contributed by atoms with Gasteiger partial charge in [-0.25, -0.2) is 4.39 Å². The van der Waals surface area contributed by atoms with Crippen LogP contribution in [0, 0.1) is 23.8 Å². The third-order valence-corrected chi connectivity index (χ3v) is 12.6. The summed E-state index contributed by atoms with van der Waals surface area (Å²) in [4.78, 5) is 9.65. The van der Waals surface area contributed by atoms with Crippen molar-refractivity contribution in [2.75, 3.05) is 0 Å². The zero-order chi connectivity index (χ0) is 45.9. The fourth-order valence-electron chi connectivity index (χ4n) is 9.08. The van der Waals surface area contributed by atoms with Crippen LogP contribution in [-0.4, -0.2) is 14.5 Å². The average molecular weight is 1060 g/mol. The predicted octanol–water partition coefficient (Wildman–Crippen LogP) is 16.7. The minimum absolute atomic E-state index is 0. The Hall–Kier alpha value is -6.79. The maximum Gasteiger partial charge on any atom is 0.141 e. The molecule has 4 nitrogen and oxygen atoms in total. The molecule has 11 aromatic rings. The number of hydrogen-bond acceptors (Lipinski definition) is 3. The third-order valence-electron chi connectivity index (χ3n) is 12.6. The molecule has 335 valence electrons. The molecule has 0 aliphatic rings. The van der Waals surface area contributed by atoms with Gasteiger partial charge in [-0.3, -0.25) is 9.37 Å². The minimum Gasteiger partial charge on any atom is -0.500 e. The summed E-state index contributed by atoms with van der Waals surface area (Å²) < 4.78 is 38.3. The number of imidazole rings is 1. The van der Waals surface area contributed by atoms with Crippen molar-refractivity contribution in [3.8, 4) is 39.5 Å². The first-order valence-corrected chi connectivity index (χ1v) is 22.6. The molecule has 0 aliphatic carbocycles. The largest absolute Gasteiger partial charge is 0.500 e. The Morgan fingerprint density at radius 1 is 0.657 bits per heavy atom. The number of rotatable bonds is 6. The van der Waals surface area contributed by atoms with Crippen LogP contribution in [0.5, 0.6) is 0 Å². The van der Waals surface area contributed by atoms with Gasteiger partial charge in [0.1, 0.15) is 11.4 Å². The van der Waals surface area contributed by atoms with Crippen molar-refractivity contribution < 1.29 is 33.3 Å². The first-order chi connectivity index (χ1) is 31.9. The van der Waals surface area contributed by atoms with E-state index in [0.717, 1.165) is 50.0 Å². The molecule has 0 aliphatic heterocycles. The second-order valence-electron chi connectivity index (χ2n) is 18.7. The monoisotopic (exact) mass is 1060 g/mol. The second-order valence-corrected chi connectivity index (χ2v) is 18.7. The molecule has 0 fully saturated rings. The van der Waals surface area contributed by atoms with Crippen LogP contribution in [0.4, 0.5) is 8.78 Å². The summed E-state index contributed by atoms with van der Waals surface area (Å²) in [7, 11) is 0. The van der Waals surface area contributed by atoms with E-state index >= 15 is 4.39 Å². The van der Waals surface area contributed by atoms with E-state index in [1.165, 1.54) is 39.9 Å². The molecule has 67 heavy (non-hydrogen) atoms. The molecular formula is C60H49F2IrN3O-2. The standard InChI is InChI=1S/C45H34FN2O.C15H15FN.Ir/c1-26(2)35-23-30(28-13-6-5-7-14-28)24-36(27(3)4)43(35)48-39-20-11-10-19-38(39)47-45(48)34-18-12-17-33-41-40(49-44(33)34)25-37-31-16-9-8-15-29(31)21-22-32(37)42(41)46;1-15(2,3)12-6-9-14(17-10-12)11-4-7-13(16)8-5-11;/h5-17,19-27H,1-4H3;4,6-10H,1-3H3;/q2*-1;. The Bertz CT molecular complexity index is 3560. The van der Waals surface area contributed by atoms with Crippen molar-refractivity contribution in [2.45, 2.75) is 65.7 Å². The topological polar surface area (TPSA) is 43.9 Å². The molecule has 0 saturated carbocycles. The SMILES string of the molecule is CC(C)(C)c1ccc(-c2[c-]cc(F)cc2)nc1.CC(C)c1cc(-c2ccccc2)cc(C(C)C)c1-n1c(-c2[c-]ccc3c2oc2cc4c(ccc5ccccc54)c(F)c23)nc2ccccc21.[Ir]. The first kappa shape index (κ1) is 45.4. The van der Waals surface area contributed by atoms with E-state index < -0.39 is 0 Å². The second kappa shape index (κ2) is 18.1. The maximum absolute atomic E-state index is 16.6. The quantitative estimate of drug-likeness (QED) is 0.123. The number of aromatic nitrogens is 3. The number of furan rings is 1. The van der Waals surface area contributed by atoms with Crippen LogP contribution < -0.4 is 0 Å². The molecule has 0 N–H and O–H groups in total. The van der Waals surface area contributed by atoms with Gasteiger partial charge in [-0.05, 0) is 97.3 Å². The Balaban J connectivity index is 0.000000264. The summed E-state index contributed by atoms with van der Waals surface area (Å²) in [5.74, 6) is 0.626. The molecule has 3 aromatic heterocycles. The van der Waals surface area contributed by atoms with Crippen LogP contribution in [0.25, 0.3) is 94.0 Å². The number of nitrogens with zero attached hydrogens (tertiary/aromatic N) is 3. The van der Waals surface area contributed by atoms with Gasteiger partial charge in [0.15, 0.2) is 0 Å². The summed E-state index contributed by atoms with van der Waals surface area (Å²) in [6, 6.07) is 56.0. The molecule has 3 heterocycles. The van der Waals surface area contributed by atoms with Crippen molar-refractivity contribution in [1.29, 1.82) is 0 Å². The van der Waals surface area contributed by atoms with Crippen molar-refractivity contribution in [3.05, 3.63) is 198 Å². The van der Waals surface area contributed by atoms with Crippen LogP contribution in [0.2, 0.25) is 0 Å². The van der Waals surface area contributed by atoms with Crippen molar-refractivity contribution in [2.24, 2.45) is 0 Å². The zero-order valence-corrected chi connectivity index (χ0v) is 40.9. The molecule has 0 spiro atoms. The molecule has 1 radical (unpaired) electrons. The summed E-state index contributed by atoms with van der Waals surface area (Å²) in [6.45, 7) is 15.4. The number of fused-ring (bicyclic) bond motifs is 7. The maximum atomic E-state index is 16.6. The summed E-state index contributed by atoms with van der Waals surface area (Å²) >= 11 is 0. The van der Waals surface area contributed by atoms with Crippen LogP contribution in [0.3, 0.4) is 0 Å². The van der Waals surface area contributed by atoms with Gasteiger partial charge in [0.2, 0.25) is 0 Å². The molecule has 11 rings (SSSR count). The zero-order valence-electron chi connectivity index (χ0n) is 38.5. The Labute approximate surface area is 403 Å². The van der Waals surface area contributed by atoms with Crippen molar-refractivity contribution >= 4 is 54.5 Å². The van der Waals surface area contributed by atoms with Gasteiger partial charge in [-0.15, -0.1) is 48.0 Å². The molecule has 0 bridgehead atoms. The summed E-state index contributed by atoms with van der Waals surface area (Å²) in [6.07, 6.45) is 1.87. The number of benzene rings is 8. The normalized spacial score (nSPS) is 11.8. The van der Waals surface area contributed by atoms with E-state index in [1.807, 2.05) is 72.9 Å². The van der Waals surface area contributed by atoms with Gasteiger partial charge < -0.3 is 14.0 Å².